The molecule has 1 aliphatic heterocycles. The Labute approximate surface area is 158 Å². The highest BCUT2D eigenvalue weighted by Crippen LogP contribution is 2.34. The van der Waals surface area contributed by atoms with Crippen molar-refractivity contribution in [3.8, 4) is 5.75 Å². The first-order valence-electron chi connectivity index (χ1n) is 9.13. The second kappa shape index (κ2) is 7.61. The van der Waals surface area contributed by atoms with Crippen LogP contribution in [-0.4, -0.2) is 39.5 Å². The maximum atomic E-state index is 13.0. The average Bonchev–Trinajstić information content (AvgIpc) is 3.38. The minimum Gasteiger partial charge on any atom is -0.497 e. The first-order chi connectivity index (χ1) is 13.2. The number of benzene rings is 2. The van der Waals surface area contributed by atoms with Gasteiger partial charge in [-0.2, -0.15) is 0 Å². The maximum absolute atomic E-state index is 13.0. The number of hydrogen-bond donors (Lipinski definition) is 0. The zero-order chi connectivity index (χ0) is 18.6. The number of nitrogens with zero attached hydrogens (tertiary/aromatic N) is 4. The molecular weight excluding hydrogens is 340 g/mol. The lowest BCUT2D eigenvalue weighted by atomic mass is 10.0. The Morgan fingerprint density at radius 3 is 2.85 bits per heavy atom. The molecule has 2 aromatic carbocycles. The molecule has 6 nitrogen and oxygen atoms in total. The van der Waals surface area contributed by atoms with Crippen LogP contribution in [0.1, 0.15) is 40.5 Å². The molecule has 138 valence electrons. The van der Waals surface area contributed by atoms with Crippen LogP contribution in [0.4, 0.5) is 0 Å². The van der Waals surface area contributed by atoms with E-state index in [0.29, 0.717) is 12.2 Å². The molecule has 1 unspecified atom stereocenters. The number of ether oxygens (including phenoxy) is 1. The molecule has 1 saturated heterocycles. The molecule has 1 aliphatic rings. The predicted octanol–water partition coefficient (Wildman–Crippen LogP) is 3.31. The third-order valence-corrected chi connectivity index (χ3v) is 4.94. The summed E-state index contributed by atoms with van der Waals surface area (Å²) >= 11 is 0. The molecule has 0 spiro atoms. The van der Waals surface area contributed by atoms with E-state index in [1.807, 2.05) is 59.5 Å². The highest BCUT2D eigenvalue weighted by Gasteiger charge is 2.32. The van der Waals surface area contributed by atoms with Crippen molar-refractivity contribution in [2.24, 2.45) is 0 Å². The smallest absolute Gasteiger partial charge is 0.276 e. The number of likely N-dealkylation sites (tertiary alicyclic amines) is 1. The first kappa shape index (κ1) is 17.3. The lowest BCUT2D eigenvalue weighted by Gasteiger charge is -2.24. The number of carbonyl (C=O) groups is 1. The van der Waals surface area contributed by atoms with Crippen molar-refractivity contribution in [2.45, 2.75) is 25.4 Å². The summed E-state index contributed by atoms with van der Waals surface area (Å²) < 4.78 is 7.03. The summed E-state index contributed by atoms with van der Waals surface area (Å²) in [6, 6.07) is 18.0. The number of rotatable bonds is 5. The number of amides is 1. The van der Waals surface area contributed by atoms with Crippen LogP contribution in [0, 0.1) is 0 Å². The van der Waals surface area contributed by atoms with Crippen LogP contribution in [0.5, 0.6) is 5.75 Å². The van der Waals surface area contributed by atoms with Crippen LogP contribution in [0.15, 0.2) is 60.8 Å². The normalized spacial score (nSPS) is 16.5. The van der Waals surface area contributed by atoms with E-state index >= 15 is 0 Å². The van der Waals surface area contributed by atoms with Crippen LogP contribution < -0.4 is 4.74 Å². The van der Waals surface area contributed by atoms with Crippen molar-refractivity contribution < 1.29 is 9.53 Å². The topological polar surface area (TPSA) is 60.2 Å². The maximum Gasteiger partial charge on any atom is 0.276 e. The van der Waals surface area contributed by atoms with E-state index in [4.69, 9.17) is 4.74 Å². The Bertz CT molecular complexity index is 923. The summed E-state index contributed by atoms with van der Waals surface area (Å²) in [5, 5.41) is 8.24. The van der Waals surface area contributed by atoms with Crippen molar-refractivity contribution in [1.82, 2.24) is 19.9 Å². The fourth-order valence-electron chi connectivity index (χ4n) is 3.60. The molecule has 0 aliphatic carbocycles. The van der Waals surface area contributed by atoms with Gasteiger partial charge in [-0.15, -0.1) is 5.10 Å². The zero-order valence-corrected chi connectivity index (χ0v) is 15.3. The molecule has 0 bridgehead atoms. The highest BCUT2D eigenvalue weighted by atomic mass is 16.5. The summed E-state index contributed by atoms with van der Waals surface area (Å²) in [4.78, 5) is 14.9. The Morgan fingerprint density at radius 2 is 2.04 bits per heavy atom. The Kier molecular flexibility index (Phi) is 4.87. The molecule has 1 aromatic heterocycles. The summed E-state index contributed by atoms with van der Waals surface area (Å²) in [5.74, 6) is 0.736. The molecular formula is C21H22N4O2. The van der Waals surface area contributed by atoms with Crippen molar-refractivity contribution in [2.75, 3.05) is 13.7 Å². The third-order valence-electron chi connectivity index (χ3n) is 4.94. The molecule has 27 heavy (non-hydrogen) atoms. The molecule has 1 amide bonds. The third kappa shape index (κ3) is 3.69. The molecule has 2 heterocycles. The van der Waals surface area contributed by atoms with Gasteiger partial charge in [0.15, 0.2) is 5.69 Å². The fraction of sp³-hybridized carbons (Fsp3) is 0.286. The summed E-state index contributed by atoms with van der Waals surface area (Å²) in [6.45, 7) is 1.33. The van der Waals surface area contributed by atoms with Gasteiger partial charge in [0.25, 0.3) is 5.91 Å². The van der Waals surface area contributed by atoms with Crippen LogP contribution in [0.25, 0.3) is 0 Å². The average molecular weight is 362 g/mol. The second-order valence-electron chi connectivity index (χ2n) is 6.72. The predicted molar refractivity (Wildman–Crippen MR) is 102 cm³/mol. The molecule has 0 N–H and O–H groups in total. The number of carbonyl (C=O) groups excluding carboxylic acids is 1. The van der Waals surface area contributed by atoms with Crippen LogP contribution in [0.2, 0.25) is 0 Å². The second-order valence-corrected chi connectivity index (χ2v) is 6.72. The molecule has 4 rings (SSSR count). The largest absolute Gasteiger partial charge is 0.497 e. The lowest BCUT2D eigenvalue weighted by molar-refractivity contribution is 0.0729. The minimum absolute atomic E-state index is 0.0480. The molecule has 1 fully saturated rings. The standard InChI is InChI=1S/C21H22N4O2/c1-27-18-10-5-9-17(13-18)20-11-6-12-25(20)21(26)19-15-24(23-22-19)14-16-7-3-2-4-8-16/h2-5,7-10,13,15,20H,6,11-12,14H2,1H3. The fourth-order valence-corrected chi connectivity index (χ4v) is 3.60. The van der Waals surface area contributed by atoms with E-state index in [0.717, 1.165) is 36.3 Å². The van der Waals surface area contributed by atoms with E-state index in [9.17, 15) is 4.79 Å². The zero-order valence-electron chi connectivity index (χ0n) is 15.3. The van der Waals surface area contributed by atoms with Gasteiger partial charge < -0.3 is 9.64 Å². The van der Waals surface area contributed by atoms with Gasteiger partial charge >= 0.3 is 0 Å². The van der Waals surface area contributed by atoms with Crippen LogP contribution in [-0.2, 0) is 6.54 Å². The van der Waals surface area contributed by atoms with Gasteiger partial charge in [-0.3, -0.25) is 4.79 Å². The summed E-state index contributed by atoms with van der Waals surface area (Å²) in [7, 11) is 1.65. The van der Waals surface area contributed by atoms with Gasteiger partial charge in [0.1, 0.15) is 5.75 Å². The number of hydrogen-bond acceptors (Lipinski definition) is 4. The van der Waals surface area contributed by atoms with Crippen molar-refractivity contribution in [3.63, 3.8) is 0 Å². The van der Waals surface area contributed by atoms with E-state index in [2.05, 4.69) is 10.3 Å². The van der Waals surface area contributed by atoms with Crippen molar-refractivity contribution in [1.29, 1.82) is 0 Å². The molecule has 6 heteroatoms. The minimum atomic E-state index is -0.0698. The number of methoxy groups -OCH3 is 1. The van der Waals surface area contributed by atoms with E-state index in [1.165, 1.54) is 0 Å². The van der Waals surface area contributed by atoms with E-state index in [1.54, 1.807) is 18.0 Å². The Morgan fingerprint density at radius 1 is 1.19 bits per heavy atom. The quantitative estimate of drug-likeness (QED) is 0.699. The van der Waals surface area contributed by atoms with Gasteiger partial charge in [0.05, 0.1) is 25.9 Å². The molecule has 0 saturated carbocycles. The van der Waals surface area contributed by atoms with Gasteiger partial charge in [0, 0.05) is 6.54 Å². The molecule has 1 atom stereocenters. The summed E-state index contributed by atoms with van der Waals surface area (Å²) in [6.07, 6.45) is 3.65. The van der Waals surface area contributed by atoms with E-state index in [-0.39, 0.29) is 11.9 Å². The van der Waals surface area contributed by atoms with Crippen LogP contribution >= 0.6 is 0 Å². The monoisotopic (exact) mass is 362 g/mol. The van der Waals surface area contributed by atoms with Gasteiger partial charge in [-0.05, 0) is 36.1 Å². The van der Waals surface area contributed by atoms with Gasteiger partial charge in [0.2, 0.25) is 0 Å². The lowest BCUT2D eigenvalue weighted by Crippen LogP contribution is -2.30. The molecule has 0 radical (unpaired) electrons. The van der Waals surface area contributed by atoms with Crippen molar-refractivity contribution in [3.05, 3.63) is 77.6 Å². The van der Waals surface area contributed by atoms with Crippen molar-refractivity contribution >= 4 is 5.91 Å². The Hall–Kier alpha value is -3.15. The van der Waals surface area contributed by atoms with E-state index < -0.39 is 0 Å². The van der Waals surface area contributed by atoms with Crippen LogP contribution in [0.3, 0.4) is 0 Å². The number of aromatic nitrogens is 3. The SMILES string of the molecule is COc1cccc(C2CCCN2C(=O)c2cn(Cc3ccccc3)nn2)c1. The first-order valence-corrected chi connectivity index (χ1v) is 9.13. The summed E-state index contributed by atoms with van der Waals surface area (Å²) in [5.41, 5.74) is 2.61. The van der Waals surface area contributed by atoms with Gasteiger partial charge in [-0.1, -0.05) is 47.7 Å². The van der Waals surface area contributed by atoms with Gasteiger partial charge in [-0.25, -0.2) is 4.68 Å². The molecule has 3 aromatic rings. The Balaban J connectivity index is 1.51. The highest BCUT2D eigenvalue weighted by molar-refractivity contribution is 5.92.